The first-order valence-corrected chi connectivity index (χ1v) is 7.33. The monoisotopic (exact) mass is 278 g/mol. The van der Waals surface area contributed by atoms with Crippen LogP contribution in [0.2, 0.25) is 0 Å². The Morgan fingerprint density at radius 1 is 1.25 bits per heavy atom. The number of ether oxygens (including phenoxy) is 2. The van der Waals surface area contributed by atoms with E-state index in [0.29, 0.717) is 12.0 Å². The van der Waals surface area contributed by atoms with Gasteiger partial charge in [0.1, 0.15) is 11.5 Å². The van der Waals surface area contributed by atoms with Crippen molar-refractivity contribution in [3.8, 4) is 11.5 Å². The molecule has 1 heterocycles. The maximum Gasteiger partial charge on any atom is 0.127 e. The largest absolute Gasteiger partial charge is 0.497 e. The van der Waals surface area contributed by atoms with Crippen LogP contribution in [0.25, 0.3) is 0 Å². The summed E-state index contributed by atoms with van der Waals surface area (Å²) in [7, 11) is 3.38. The Morgan fingerprint density at radius 2 is 1.95 bits per heavy atom. The molecule has 0 aliphatic carbocycles. The lowest BCUT2D eigenvalue weighted by molar-refractivity contribution is 0.164. The molecule has 0 amide bonds. The molecule has 0 bridgehead atoms. The number of hydrogen-bond donors (Lipinski definition) is 1. The predicted molar refractivity (Wildman–Crippen MR) is 81.2 cm³/mol. The van der Waals surface area contributed by atoms with Gasteiger partial charge in [-0.15, -0.1) is 0 Å². The Labute approximate surface area is 121 Å². The first-order chi connectivity index (χ1) is 9.63. The van der Waals surface area contributed by atoms with Crippen LogP contribution in [0.1, 0.15) is 25.3 Å². The average Bonchev–Trinajstić information content (AvgIpc) is 2.48. The van der Waals surface area contributed by atoms with Crippen LogP contribution < -0.4 is 15.2 Å². The molecule has 0 aromatic heterocycles. The number of hydrogen-bond acceptors (Lipinski definition) is 4. The number of likely N-dealkylation sites (tertiary alicyclic amines) is 1. The average molecular weight is 278 g/mol. The molecule has 1 aliphatic heterocycles. The highest BCUT2D eigenvalue weighted by molar-refractivity contribution is 5.40. The van der Waals surface area contributed by atoms with Crippen molar-refractivity contribution in [2.75, 3.05) is 27.3 Å². The molecule has 2 N–H and O–H groups in total. The molecule has 1 aromatic carbocycles. The smallest absolute Gasteiger partial charge is 0.127 e. The Balaban J connectivity index is 1.97. The molecule has 1 fully saturated rings. The van der Waals surface area contributed by atoms with Crippen LogP contribution in [-0.4, -0.2) is 38.3 Å². The quantitative estimate of drug-likeness (QED) is 0.897. The summed E-state index contributed by atoms with van der Waals surface area (Å²) in [5, 5.41) is 0. The van der Waals surface area contributed by atoms with E-state index in [4.69, 9.17) is 15.2 Å². The molecule has 1 unspecified atom stereocenters. The van der Waals surface area contributed by atoms with Crippen molar-refractivity contribution < 1.29 is 9.47 Å². The summed E-state index contributed by atoms with van der Waals surface area (Å²) in [4.78, 5) is 2.48. The van der Waals surface area contributed by atoms with E-state index < -0.39 is 0 Å². The van der Waals surface area contributed by atoms with E-state index >= 15 is 0 Å². The molecule has 4 nitrogen and oxygen atoms in total. The third-order valence-electron chi connectivity index (χ3n) is 4.26. The molecular weight excluding hydrogens is 252 g/mol. The van der Waals surface area contributed by atoms with Crippen LogP contribution in [0.5, 0.6) is 11.5 Å². The summed E-state index contributed by atoms with van der Waals surface area (Å²) in [5.41, 5.74) is 7.21. The fourth-order valence-corrected chi connectivity index (χ4v) is 2.86. The van der Waals surface area contributed by atoms with E-state index in [1.165, 1.54) is 18.4 Å². The zero-order valence-corrected chi connectivity index (χ0v) is 12.8. The van der Waals surface area contributed by atoms with Crippen molar-refractivity contribution in [1.82, 2.24) is 4.90 Å². The van der Waals surface area contributed by atoms with Crippen LogP contribution in [0, 0.1) is 5.92 Å². The number of benzene rings is 1. The van der Waals surface area contributed by atoms with Crippen LogP contribution in [0.3, 0.4) is 0 Å². The van der Waals surface area contributed by atoms with Gasteiger partial charge in [0, 0.05) is 24.2 Å². The van der Waals surface area contributed by atoms with Gasteiger partial charge in [0.25, 0.3) is 0 Å². The molecule has 0 saturated carbocycles. The van der Waals surface area contributed by atoms with Gasteiger partial charge in [0.05, 0.1) is 14.2 Å². The van der Waals surface area contributed by atoms with E-state index in [9.17, 15) is 0 Å². The third kappa shape index (κ3) is 3.64. The highest BCUT2D eigenvalue weighted by Gasteiger charge is 2.22. The van der Waals surface area contributed by atoms with Crippen molar-refractivity contribution in [2.45, 2.75) is 32.4 Å². The van der Waals surface area contributed by atoms with Gasteiger partial charge >= 0.3 is 0 Å². The van der Waals surface area contributed by atoms with Gasteiger partial charge in [-0.25, -0.2) is 0 Å². The zero-order chi connectivity index (χ0) is 14.5. The minimum absolute atomic E-state index is 0.313. The number of nitrogens with two attached hydrogens (primary N) is 1. The molecule has 112 valence electrons. The lowest BCUT2D eigenvalue weighted by Crippen LogP contribution is -2.39. The summed E-state index contributed by atoms with van der Waals surface area (Å²) < 4.78 is 10.7. The molecule has 4 heteroatoms. The first-order valence-electron chi connectivity index (χ1n) is 7.33. The number of piperidine rings is 1. The second-order valence-corrected chi connectivity index (χ2v) is 5.65. The van der Waals surface area contributed by atoms with E-state index in [1.54, 1.807) is 14.2 Å². The Bertz CT molecular complexity index is 426. The van der Waals surface area contributed by atoms with Gasteiger partial charge in [-0.2, -0.15) is 0 Å². The maximum atomic E-state index is 5.99. The van der Waals surface area contributed by atoms with Crippen LogP contribution in [0.15, 0.2) is 18.2 Å². The number of nitrogens with zero attached hydrogens (tertiary/aromatic N) is 1. The topological polar surface area (TPSA) is 47.7 Å². The summed E-state index contributed by atoms with van der Waals surface area (Å²) in [6, 6.07) is 6.35. The zero-order valence-electron chi connectivity index (χ0n) is 12.8. The normalized spacial score (nSPS) is 18.8. The SMILES string of the molecule is COc1ccc(CN2CCC(C(C)N)CC2)c(OC)c1. The van der Waals surface area contributed by atoms with Crippen LogP contribution in [0.4, 0.5) is 0 Å². The summed E-state index contributed by atoms with van der Waals surface area (Å²) in [5.74, 6) is 2.41. The van der Waals surface area contributed by atoms with E-state index in [2.05, 4.69) is 17.9 Å². The van der Waals surface area contributed by atoms with Gasteiger partial charge in [0.2, 0.25) is 0 Å². The molecule has 20 heavy (non-hydrogen) atoms. The van der Waals surface area contributed by atoms with Gasteiger partial charge in [-0.3, -0.25) is 4.90 Å². The molecule has 2 rings (SSSR count). The Kier molecular flexibility index (Phi) is 5.26. The second kappa shape index (κ2) is 6.95. The fraction of sp³-hybridized carbons (Fsp3) is 0.625. The number of rotatable bonds is 5. The maximum absolute atomic E-state index is 5.99. The van der Waals surface area contributed by atoms with Gasteiger partial charge < -0.3 is 15.2 Å². The second-order valence-electron chi connectivity index (χ2n) is 5.65. The molecule has 1 aromatic rings. The lowest BCUT2D eigenvalue weighted by Gasteiger charge is -2.33. The molecule has 1 atom stereocenters. The van der Waals surface area contributed by atoms with Crippen molar-refractivity contribution in [1.29, 1.82) is 0 Å². The van der Waals surface area contributed by atoms with Gasteiger partial charge in [0.15, 0.2) is 0 Å². The van der Waals surface area contributed by atoms with E-state index in [-0.39, 0.29) is 0 Å². The molecule has 1 aliphatic rings. The Hall–Kier alpha value is -1.26. The third-order valence-corrected chi connectivity index (χ3v) is 4.26. The minimum atomic E-state index is 0.313. The molecule has 0 spiro atoms. The molecular formula is C16H26N2O2. The molecule has 1 saturated heterocycles. The fourth-order valence-electron chi connectivity index (χ4n) is 2.86. The summed E-state index contributed by atoms with van der Waals surface area (Å²) in [6.07, 6.45) is 2.38. The number of methoxy groups -OCH3 is 2. The summed E-state index contributed by atoms with van der Waals surface area (Å²) in [6.45, 7) is 5.27. The predicted octanol–water partition coefficient (Wildman–Crippen LogP) is 2.26. The minimum Gasteiger partial charge on any atom is -0.497 e. The molecule has 0 radical (unpaired) electrons. The highest BCUT2D eigenvalue weighted by atomic mass is 16.5. The van der Waals surface area contributed by atoms with Gasteiger partial charge in [-0.1, -0.05) is 6.07 Å². The van der Waals surface area contributed by atoms with Crippen LogP contribution in [-0.2, 0) is 6.54 Å². The lowest BCUT2D eigenvalue weighted by atomic mass is 9.91. The van der Waals surface area contributed by atoms with Crippen molar-refractivity contribution in [3.63, 3.8) is 0 Å². The summed E-state index contributed by atoms with van der Waals surface area (Å²) >= 11 is 0. The van der Waals surface area contributed by atoms with E-state index in [0.717, 1.165) is 31.1 Å². The van der Waals surface area contributed by atoms with Crippen molar-refractivity contribution in [3.05, 3.63) is 23.8 Å². The van der Waals surface area contributed by atoms with Crippen molar-refractivity contribution in [2.24, 2.45) is 11.7 Å². The first kappa shape index (κ1) is 15.1. The van der Waals surface area contributed by atoms with Crippen molar-refractivity contribution >= 4 is 0 Å². The standard InChI is InChI=1S/C16H26N2O2/c1-12(17)13-6-8-18(9-7-13)11-14-4-5-15(19-2)10-16(14)20-3/h4-5,10,12-13H,6-9,11,17H2,1-3H3. The van der Waals surface area contributed by atoms with E-state index in [1.807, 2.05) is 12.1 Å². The van der Waals surface area contributed by atoms with Gasteiger partial charge in [-0.05, 0) is 44.8 Å². The van der Waals surface area contributed by atoms with Crippen LogP contribution >= 0.6 is 0 Å². The highest BCUT2D eigenvalue weighted by Crippen LogP contribution is 2.27. The Morgan fingerprint density at radius 3 is 2.50 bits per heavy atom.